The molecule has 0 saturated heterocycles. The summed E-state index contributed by atoms with van der Waals surface area (Å²) in [6.45, 7) is 1.48. The number of carbonyl (C=O) groups is 1. The van der Waals surface area contributed by atoms with Crippen molar-refractivity contribution in [1.82, 2.24) is 15.2 Å². The average molecular weight is 367 g/mol. The minimum atomic E-state index is -0.382. The summed E-state index contributed by atoms with van der Waals surface area (Å²) >= 11 is 0. The molecule has 0 aliphatic heterocycles. The molecule has 1 heterocycles. The minimum Gasteiger partial charge on any atom is -0.436 e. The van der Waals surface area contributed by atoms with Crippen molar-refractivity contribution < 1.29 is 13.6 Å². The molecular formula is C21H22FN3O2. The van der Waals surface area contributed by atoms with Crippen LogP contribution in [0.4, 0.5) is 4.39 Å². The van der Waals surface area contributed by atoms with Gasteiger partial charge in [-0.2, -0.15) is 0 Å². The highest BCUT2D eigenvalue weighted by molar-refractivity contribution is 6.00. The van der Waals surface area contributed by atoms with E-state index in [1.807, 2.05) is 20.2 Å². The van der Waals surface area contributed by atoms with Crippen molar-refractivity contribution in [3.05, 3.63) is 66.1 Å². The first-order valence-corrected chi connectivity index (χ1v) is 8.79. The number of nitrogens with zero attached hydrogens (tertiary/aromatic N) is 2. The number of hydrogen-bond donors (Lipinski definition) is 1. The van der Waals surface area contributed by atoms with Gasteiger partial charge in [0.25, 0.3) is 5.91 Å². The third-order valence-corrected chi connectivity index (χ3v) is 4.11. The molecule has 3 rings (SSSR count). The second kappa shape index (κ2) is 8.60. The van der Waals surface area contributed by atoms with E-state index < -0.39 is 0 Å². The van der Waals surface area contributed by atoms with Crippen LogP contribution in [-0.4, -0.2) is 43.0 Å². The number of amides is 1. The summed E-state index contributed by atoms with van der Waals surface area (Å²) in [5, 5.41) is 2.92. The lowest BCUT2D eigenvalue weighted by atomic mass is 10.1. The van der Waals surface area contributed by atoms with Gasteiger partial charge in [0.2, 0.25) is 5.89 Å². The lowest BCUT2D eigenvalue weighted by Gasteiger charge is -2.11. The number of oxazole rings is 1. The predicted octanol–water partition coefficient (Wildman–Crippen LogP) is 3.83. The summed E-state index contributed by atoms with van der Waals surface area (Å²) in [7, 11) is 3.99. The fourth-order valence-electron chi connectivity index (χ4n) is 2.74. The van der Waals surface area contributed by atoms with Crippen LogP contribution in [0, 0.1) is 5.82 Å². The van der Waals surface area contributed by atoms with Gasteiger partial charge in [-0.1, -0.05) is 24.3 Å². The van der Waals surface area contributed by atoms with Gasteiger partial charge in [0, 0.05) is 12.1 Å². The maximum absolute atomic E-state index is 14.0. The maximum atomic E-state index is 14.0. The van der Waals surface area contributed by atoms with Gasteiger partial charge < -0.3 is 14.6 Å². The molecule has 0 bridgehead atoms. The van der Waals surface area contributed by atoms with E-state index in [1.54, 1.807) is 36.4 Å². The van der Waals surface area contributed by atoms with Crippen molar-refractivity contribution in [2.24, 2.45) is 0 Å². The summed E-state index contributed by atoms with van der Waals surface area (Å²) in [4.78, 5) is 18.9. The Morgan fingerprint density at radius 3 is 2.56 bits per heavy atom. The molecule has 0 spiro atoms. The minimum absolute atomic E-state index is 0.185. The molecule has 0 atom stereocenters. The zero-order valence-corrected chi connectivity index (χ0v) is 15.4. The fourth-order valence-corrected chi connectivity index (χ4v) is 2.74. The van der Waals surface area contributed by atoms with Crippen molar-refractivity contribution in [1.29, 1.82) is 0 Å². The van der Waals surface area contributed by atoms with Crippen LogP contribution in [0.3, 0.4) is 0 Å². The Hall–Kier alpha value is -2.99. The molecule has 2 aromatic carbocycles. The van der Waals surface area contributed by atoms with Crippen molar-refractivity contribution in [3.8, 4) is 22.8 Å². The molecule has 140 valence electrons. The predicted molar refractivity (Wildman–Crippen MR) is 103 cm³/mol. The molecule has 3 aromatic rings. The van der Waals surface area contributed by atoms with E-state index in [9.17, 15) is 9.18 Å². The zero-order chi connectivity index (χ0) is 19.2. The molecule has 1 aromatic heterocycles. The third kappa shape index (κ3) is 4.60. The van der Waals surface area contributed by atoms with Gasteiger partial charge in [0.1, 0.15) is 5.82 Å². The van der Waals surface area contributed by atoms with Gasteiger partial charge >= 0.3 is 0 Å². The maximum Gasteiger partial charge on any atom is 0.252 e. The van der Waals surface area contributed by atoms with Crippen LogP contribution >= 0.6 is 0 Å². The van der Waals surface area contributed by atoms with Crippen molar-refractivity contribution >= 4 is 5.91 Å². The van der Waals surface area contributed by atoms with Crippen LogP contribution in [-0.2, 0) is 0 Å². The number of nitrogens with one attached hydrogen (secondary N) is 1. The third-order valence-electron chi connectivity index (χ3n) is 4.11. The summed E-state index contributed by atoms with van der Waals surface area (Å²) in [5.74, 6) is 0.0405. The second-order valence-corrected chi connectivity index (χ2v) is 6.47. The van der Waals surface area contributed by atoms with Gasteiger partial charge in [-0.3, -0.25) is 4.79 Å². The van der Waals surface area contributed by atoms with Crippen molar-refractivity contribution in [2.45, 2.75) is 6.42 Å². The molecular weight excluding hydrogens is 345 g/mol. The first-order valence-electron chi connectivity index (χ1n) is 8.79. The second-order valence-electron chi connectivity index (χ2n) is 6.47. The monoisotopic (exact) mass is 367 g/mol. The number of rotatable bonds is 7. The van der Waals surface area contributed by atoms with Crippen LogP contribution in [0.5, 0.6) is 0 Å². The summed E-state index contributed by atoms with van der Waals surface area (Å²) < 4.78 is 19.7. The molecule has 0 aliphatic carbocycles. The van der Waals surface area contributed by atoms with Crippen LogP contribution in [0.25, 0.3) is 22.8 Å². The van der Waals surface area contributed by atoms with Gasteiger partial charge in [-0.15, -0.1) is 0 Å². The van der Waals surface area contributed by atoms with Gasteiger partial charge in [-0.05, 0) is 51.3 Å². The summed E-state index contributed by atoms with van der Waals surface area (Å²) in [6, 6.07) is 13.4. The Morgan fingerprint density at radius 2 is 1.81 bits per heavy atom. The quantitative estimate of drug-likeness (QED) is 0.645. The number of hydrogen-bond acceptors (Lipinski definition) is 4. The summed E-state index contributed by atoms with van der Waals surface area (Å²) in [5.41, 5.74) is 1.39. The smallest absolute Gasteiger partial charge is 0.252 e. The van der Waals surface area contributed by atoms with E-state index in [4.69, 9.17) is 4.42 Å². The lowest BCUT2D eigenvalue weighted by molar-refractivity contribution is 0.0952. The van der Waals surface area contributed by atoms with Gasteiger partial charge in [-0.25, -0.2) is 9.37 Å². The van der Waals surface area contributed by atoms with E-state index >= 15 is 0 Å². The molecule has 5 nitrogen and oxygen atoms in total. The Labute approximate surface area is 157 Å². The van der Waals surface area contributed by atoms with E-state index in [-0.39, 0.29) is 17.6 Å². The number of aromatic nitrogens is 1. The first kappa shape index (κ1) is 18.8. The highest BCUT2D eigenvalue weighted by Crippen LogP contribution is 2.29. The topological polar surface area (TPSA) is 58.4 Å². The molecule has 0 aliphatic rings. The largest absolute Gasteiger partial charge is 0.436 e. The Morgan fingerprint density at radius 1 is 1.11 bits per heavy atom. The standard InChI is InChI=1S/C21H22FN3O2/c1-25(2)13-7-12-23-20(26)15-8-3-4-9-16(15)21-24-14-19(27-21)17-10-5-6-11-18(17)22/h3-6,8-11,14H,7,12-13H2,1-2H3,(H,23,26). The average Bonchev–Trinajstić information content (AvgIpc) is 3.15. The number of carbonyl (C=O) groups excluding carboxylic acids is 1. The Kier molecular flexibility index (Phi) is 5.98. The number of benzene rings is 2. The fraction of sp³-hybridized carbons (Fsp3) is 0.238. The Bertz CT molecular complexity index is 921. The van der Waals surface area contributed by atoms with Crippen LogP contribution in [0.1, 0.15) is 16.8 Å². The van der Waals surface area contributed by atoms with E-state index in [0.717, 1.165) is 13.0 Å². The van der Waals surface area contributed by atoms with Crippen LogP contribution < -0.4 is 5.32 Å². The van der Waals surface area contributed by atoms with E-state index in [2.05, 4.69) is 15.2 Å². The molecule has 1 N–H and O–H groups in total. The molecule has 0 saturated carbocycles. The molecule has 0 unspecified atom stereocenters. The normalized spacial score (nSPS) is 11.0. The van der Waals surface area contributed by atoms with Crippen LogP contribution in [0.15, 0.2) is 59.1 Å². The van der Waals surface area contributed by atoms with Gasteiger partial charge in [0.15, 0.2) is 5.76 Å². The molecule has 1 amide bonds. The first-order chi connectivity index (χ1) is 13.1. The SMILES string of the molecule is CN(C)CCCNC(=O)c1ccccc1-c1ncc(-c2ccccc2F)o1. The lowest BCUT2D eigenvalue weighted by Crippen LogP contribution is -2.27. The Balaban J connectivity index is 1.80. The number of halogens is 1. The molecule has 6 heteroatoms. The van der Waals surface area contributed by atoms with Crippen LogP contribution in [0.2, 0.25) is 0 Å². The van der Waals surface area contributed by atoms with Gasteiger partial charge in [0.05, 0.1) is 17.3 Å². The van der Waals surface area contributed by atoms with Crippen molar-refractivity contribution in [2.75, 3.05) is 27.2 Å². The van der Waals surface area contributed by atoms with E-state index in [1.165, 1.54) is 12.3 Å². The van der Waals surface area contributed by atoms with E-state index in [0.29, 0.717) is 29.0 Å². The van der Waals surface area contributed by atoms with Crippen molar-refractivity contribution in [3.63, 3.8) is 0 Å². The zero-order valence-electron chi connectivity index (χ0n) is 15.4. The molecule has 0 fully saturated rings. The highest BCUT2D eigenvalue weighted by atomic mass is 19.1. The highest BCUT2D eigenvalue weighted by Gasteiger charge is 2.17. The molecule has 0 radical (unpaired) electrons. The summed E-state index contributed by atoms with van der Waals surface area (Å²) in [6.07, 6.45) is 2.33. The molecule has 27 heavy (non-hydrogen) atoms.